The summed E-state index contributed by atoms with van der Waals surface area (Å²) in [6.07, 6.45) is 5.39. The van der Waals surface area contributed by atoms with Crippen LogP contribution in [-0.4, -0.2) is 26.8 Å². The lowest BCUT2D eigenvalue weighted by atomic mass is 9.76. The molecule has 6 heteroatoms. The minimum atomic E-state index is -0.897. The van der Waals surface area contributed by atoms with Gasteiger partial charge in [-0.15, -0.1) is 0 Å². The van der Waals surface area contributed by atoms with Crippen LogP contribution in [0, 0.1) is 23.0 Å². The number of aromatic amines is 1. The Labute approximate surface area is 135 Å². The maximum Gasteiger partial charge on any atom is 0.219 e. The Morgan fingerprint density at radius 2 is 2.17 bits per heavy atom. The van der Waals surface area contributed by atoms with Gasteiger partial charge in [-0.25, -0.2) is 0 Å². The van der Waals surface area contributed by atoms with Crippen LogP contribution in [0.1, 0.15) is 45.1 Å². The van der Waals surface area contributed by atoms with Crippen molar-refractivity contribution in [3.05, 3.63) is 34.0 Å². The molecule has 1 aliphatic rings. The van der Waals surface area contributed by atoms with Crippen molar-refractivity contribution in [3.63, 3.8) is 0 Å². The average molecular weight is 317 g/mol. The van der Waals surface area contributed by atoms with Crippen molar-refractivity contribution in [1.29, 1.82) is 0 Å². The molecule has 0 amide bonds. The molecule has 124 valence electrons. The molecule has 1 N–H and O–H groups in total. The molecule has 23 heavy (non-hydrogen) atoms. The Bertz CT molecular complexity index is 723. The Morgan fingerprint density at radius 3 is 2.91 bits per heavy atom. The first-order valence-electron chi connectivity index (χ1n) is 8.13. The molecule has 1 saturated carbocycles. The van der Waals surface area contributed by atoms with E-state index in [-0.39, 0.29) is 16.9 Å². The SMILES string of the molecule is Cc1c(O[C@@H]2CCC[C@@H](C(C)(C)[N+](=O)[O-])C2)ccc2[nH]ncc12. The van der Waals surface area contributed by atoms with Crippen LogP contribution in [0.4, 0.5) is 0 Å². The molecule has 0 bridgehead atoms. The van der Waals surface area contributed by atoms with Crippen LogP contribution in [0.25, 0.3) is 10.9 Å². The number of H-pyrrole nitrogens is 1. The van der Waals surface area contributed by atoms with E-state index >= 15 is 0 Å². The predicted octanol–water partition coefficient (Wildman–Crippen LogP) is 3.86. The highest BCUT2D eigenvalue weighted by Crippen LogP contribution is 2.37. The molecule has 2 aromatic rings. The lowest BCUT2D eigenvalue weighted by Gasteiger charge is -2.34. The smallest absolute Gasteiger partial charge is 0.219 e. The number of hydrogen-bond donors (Lipinski definition) is 1. The Balaban J connectivity index is 1.76. The van der Waals surface area contributed by atoms with Gasteiger partial charge in [0.05, 0.1) is 17.8 Å². The first-order chi connectivity index (χ1) is 10.9. The fraction of sp³-hybridized carbons (Fsp3) is 0.588. The van der Waals surface area contributed by atoms with Gasteiger partial charge >= 0.3 is 0 Å². The van der Waals surface area contributed by atoms with Crippen LogP contribution >= 0.6 is 0 Å². The van der Waals surface area contributed by atoms with Crippen LogP contribution < -0.4 is 4.74 Å². The normalized spacial score (nSPS) is 22.2. The number of aromatic nitrogens is 2. The number of hydrogen-bond acceptors (Lipinski definition) is 4. The summed E-state index contributed by atoms with van der Waals surface area (Å²) in [5.41, 5.74) is 1.16. The van der Waals surface area contributed by atoms with Crippen LogP contribution in [0.15, 0.2) is 18.3 Å². The third kappa shape index (κ3) is 2.90. The zero-order valence-electron chi connectivity index (χ0n) is 13.8. The van der Waals surface area contributed by atoms with E-state index in [1.54, 1.807) is 20.0 Å². The highest BCUT2D eigenvalue weighted by molar-refractivity contribution is 5.83. The van der Waals surface area contributed by atoms with Gasteiger partial charge in [-0.2, -0.15) is 5.10 Å². The summed E-state index contributed by atoms with van der Waals surface area (Å²) in [5.74, 6) is 0.901. The van der Waals surface area contributed by atoms with E-state index in [1.807, 2.05) is 19.1 Å². The van der Waals surface area contributed by atoms with Crippen molar-refractivity contribution in [2.75, 3.05) is 0 Å². The van der Waals surface area contributed by atoms with Gasteiger partial charge in [-0.05, 0) is 44.7 Å². The molecule has 6 nitrogen and oxygen atoms in total. The molecular weight excluding hydrogens is 294 g/mol. The second kappa shape index (κ2) is 5.83. The van der Waals surface area contributed by atoms with E-state index in [1.165, 1.54) is 0 Å². The van der Waals surface area contributed by atoms with E-state index in [2.05, 4.69) is 10.2 Å². The van der Waals surface area contributed by atoms with Crippen LogP contribution in [0.2, 0.25) is 0 Å². The van der Waals surface area contributed by atoms with Gasteiger partial charge in [0, 0.05) is 35.6 Å². The quantitative estimate of drug-likeness (QED) is 0.685. The highest BCUT2D eigenvalue weighted by atomic mass is 16.6. The molecule has 0 unspecified atom stereocenters. The lowest BCUT2D eigenvalue weighted by molar-refractivity contribution is -0.572. The summed E-state index contributed by atoms with van der Waals surface area (Å²) in [7, 11) is 0. The van der Waals surface area contributed by atoms with Gasteiger partial charge in [0.1, 0.15) is 5.75 Å². The lowest BCUT2D eigenvalue weighted by Crippen LogP contribution is -2.43. The summed E-state index contributed by atoms with van der Waals surface area (Å²) in [5, 5.41) is 19.4. The summed E-state index contributed by atoms with van der Waals surface area (Å²) in [6.45, 7) is 5.47. The van der Waals surface area contributed by atoms with Gasteiger partial charge in [0.25, 0.3) is 0 Å². The zero-order chi connectivity index (χ0) is 16.6. The van der Waals surface area contributed by atoms with Crippen molar-refractivity contribution in [3.8, 4) is 5.75 Å². The summed E-state index contributed by atoms with van der Waals surface area (Å²) >= 11 is 0. The van der Waals surface area contributed by atoms with Crippen LogP contribution in [0.3, 0.4) is 0 Å². The van der Waals surface area contributed by atoms with Gasteiger partial charge in [-0.1, -0.05) is 0 Å². The Hall–Kier alpha value is -2.11. The Kier molecular flexibility index (Phi) is 4.00. The molecule has 3 rings (SSSR count). The number of benzene rings is 1. The number of nitro groups is 1. The number of nitrogens with zero attached hydrogens (tertiary/aromatic N) is 2. The second-order valence-electron chi connectivity index (χ2n) is 7.03. The van der Waals surface area contributed by atoms with Crippen molar-refractivity contribution in [2.45, 2.75) is 58.1 Å². The van der Waals surface area contributed by atoms with Gasteiger partial charge in [-0.3, -0.25) is 15.2 Å². The van der Waals surface area contributed by atoms with E-state index in [0.717, 1.165) is 47.9 Å². The van der Waals surface area contributed by atoms with Gasteiger partial charge in [0.15, 0.2) is 0 Å². The topological polar surface area (TPSA) is 81.0 Å². The average Bonchev–Trinajstić information content (AvgIpc) is 2.99. The maximum atomic E-state index is 11.3. The van der Waals surface area contributed by atoms with E-state index < -0.39 is 5.54 Å². The van der Waals surface area contributed by atoms with Crippen molar-refractivity contribution >= 4 is 10.9 Å². The van der Waals surface area contributed by atoms with Gasteiger partial charge < -0.3 is 4.74 Å². The standard InChI is InChI=1S/C17H23N3O3/c1-11-14-10-18-19-15(14)7-8-16(11)23-13-6-4-5-12(9-13)17(2,3)20(21)22/h7-8,10,12-13H,4-6,9H2,1-3H3,(H,18,19)/t12-,13-/m1/s1. The summed E-state index contributed by atoms with van der Waals surface area (Å²) < 4.78 is 6.20. The minimum Gasteiger partial charge on any atom is -0.490 e. The maximum absolute atomic E-state index is 11.3. The molecule has 1 aromatic carbocycles. The minimum absolute atomic E-state index is 0.0380. The zero-order valence-corrected chi connectivity index (χ0v) is 13.8. The number of ether oxygens (including phenoxy) is 1. The van der Waals surface area contributed by atoms with Crippen LogP contribution in [-0.2, 0) is 0 Å². The first-order valence-corrected chi connectivity index (χ1v) is 8.13. The molecular formula is C17H23N3O3. The second-order valence-corrected chi connectivity index (χ2v) is 7.03. The molecule has 1 aromatic heterocycles. The predicted molar refractivity (Wildman–Crippen MR) is 88.3 cm³/mol. The molecule has 0 aliphatic heterocycles. The van der Waals surface area contributed by atoms with Crippen molar-refractivity contribution in [2.24, 2.45) is 5.92 Å². The summed E-state index contributed by atoms with van der Waals surface area (Å²) in [6, 6.07) is 3.92. The third-order valence-corrected chi connectivity index (χ3v) is 5.23. The number of nitrogens with one attached hydrogen (secondary N) is 1. The fourth-order valence-electron chi connectivity index (χ4n) is 3.49. The fourth-order valence-corrected chi connectivity index (χ4v) is 3.49. The van der Waals surface area contributed by atoms with Gasteiger partial charge in [0.2, 0.25) is 5.54 Å². The van der Waals surface area contributed by atoms with Crippen molar-refractivity contribution in [1.82, 2.24) is 10.2 Å². The molecule has 2 atom stereocenters. The molecule has 1 fully saturated rings. The molecule has 1 heterocycles. The highest BCUT2D eigenvalue weighted by Gasteiger charge is 2.43. The molecule has 1 aliphatic carbocycles. The molecule has 0 spiro atoms. The molecule has 0 saturated heterocycles. The van der Waals surface area contributed by atoms with E-state index in [9.17, 15) is 10.1 Å². The molecule has 0 radical (unpaired) electrons. The van der Waals surface area contributed by atoms with Crippen LogP contribution in [0.5, 0.6) is 5.75 Å². The summed E-state index contributed by atoms with van der Waals surface area (Å²) in [4.78, 5) is 11.2. The Morgan fingerprint density at radius 1 is 1.39 bits per heavy atom. The largest absolute Gasteiger partial charge is 0.490 e. The number of fused-ring (bicyclic) bond motifs is 1. The number of aryl methyl sites for hydroxylation is 1. The van der Waals surface area contributed by atoms with Crippen molar-refractivity contribution < 1.29 is 9.66 Å². The van der Waals surface area contributed by atoms with E-state index in [0.29, 0.717) is 0 Å². The first kappa shape index (κ1) is 15.8. The monoisotopic (exact) mass is 317 g/mol. The number of rotatable bonds is 4. The van der Waals surface area contributed by atoms with E-state index in [4.69, 9.17) is 4.74 Å². The third-order valence-electron chi connectivity index (χ3n) is 5.23.